The maximum Gasteiger partial charge on any atom is 0.241 e. The molecule has 4 nitrogen and oxygen atoms in total. The summed E-state index contributed by atoms with van der Waals surface area (Å²) >= 11 is 0. The summed E-state index contributed by atoms with van der Waals surface area (Å²) in [6.07, 6.45) is 0.382. The van der Waals surface area contributed by atoms with Gasteiger partial charge in [-0.2, -0.15) is 0 Å². The van der Waals surface area contributed by atoms with Crippen LogP contribution in [0.2, 0.25) is 0 Å². The highest BCUT2D eigenvalue weighted by atomic mass is 32.2. The molecule has 1 atom stereocenters. The molecule has 1 aliphatic rings. The maximum atomic E-state index is 12.1. The molecule has 1 saturated heterocycles. The van der Waals surface area contributed by atoms with E-state index in [-0.39, 0.29) is 10.8 Å². The summed E-state index contributed by atoms with van der Waals surface area (Å²) in [5.41, 5.74) is 0. The topological polar surface area (TPSA) is 54.5 Å². The fourth-order valence-electron chi connectivity index (χ4n) is 1.85. The molecule has 5 heteroatoms. The third-order valence-corrected chi connectivity index (χ3v) is 4.94. The Morgan fingerprint density at radius 3 is 2.38 bits per heavy atom. The molecule has 86 valence electrons. The van der Waals surface area contributed by atoms with Crippen molar-refractivity contribution in [2.24, 2.45) is 0 Å². The van der Waals surface area contributed by atoms with Crippen molar-refractivity contribution in [3.05, 3.63) is 30.3 Å². The van der Waals surface area contributed by atoms with E-state index in [1.165, 1.54) is 17.0 Å². The van der Waals surface area contributed by atoms with Gasteiger partial charge in [0.25, 0.3) is 0 Å². The van der Waals surface area contributed by atoms with Crippen LogP contribution in [0, 0.1) is 0 Å². The lowest BCUT2D eigenvalue weighted by Gasteiger charge is -2.11. The van der Waals surface area contributed by atoms with Crippen LogP contribution in [0.15, 0.2) is 35.2 Å². The second-order valence-corrected chi connectivity index (χ2v) is 6.03. The van der Waals surface area contributed by atoms with Crippen molar-refractivity contribution in [1.29, 1.82) is 0 Å². The summed E-state index contributed by atoms with van der Waals surface area (Å²) in [4.78, 5) is 13.4. The van der Waals surface area contributed by atoms with Gasteiger partial charge in [-0.1, -0.05) is 18.2 Å². The first kappa shape index (κ1) is 11.1. The Labute approximate surface area is 94.8 Å². The average molecular weight is 239 g/mol. The van der Waals surface area contributed by atoms with Gasteiger partial charge < -0.3 is 4.90 Å². The molecular weight excluding hydrogens is 226 g/mol. The van der Waals surface area contributed by atoms with E-state index >= 15 is 0 Å². The Morgan fingerprint density at radius 2 is 1.88 bits per heavy atom. The molecular formula is C11H13NO3S. The number of hydrogen-bond acceptors (Lipinski definition) is 3. The van der Waals surface area contributed by atoms with E-state index in [1.54, 1.807) is 25.2 Å². The molecule has 0 N–H and O–H groups in total. The molecule has 2 rings (SSSR count). The van der Waals surface area contributed by atoms with Crippen molar-refractivity contribution in [2.75, 3.05) is 13.6 Å². The Morgan fingerprint density at radius 1 is 1.25 bits per heavy atom. The number of sulfone groups is 1. The van der Waals surface area contributed by atoms with Gasteiger partial charge >= 0.3 is 0 Å². The number of hydrogen-bond donors (Lipinski definition) is 0. The Hall–Kier alpha value is -1.36. The monoisotopic (exact) mass is 239 g/mol. The minimum absolute atomic E-state index is 0.226. The number of nitrogens with zero attached hydrogens (tertiary/aromatic N) is 1. The van der Waals surface area contributed by atoms with Crippen LogP contribution in [0.3, 0.4) is 0 Å². The molecule has 16 heavy (non-hydrogen) atoms. The summed E-state index contributed by atoms with van der Waals surface area (Å²) < 4.78 is 24.3. The van der Waals surface area contributed by atoms with Gasteiger partial charge in [-0.15, -0.1) is 0 Å². The van der Waals surface area contributed by atoms with Crippen LogP contribution >= 0.6 is 0 Å². The van der Waals surface area contributed by atoms with Gasteiger partial charge in [0.2, 0.25) is 5.91 Å². The molecule has 1 aromatic carbocycles. The average Bonchev–Trinajstić information content (AvgIpc) is 2.61. The molecule has 0 saturated carbocycles. The molecule has 1 unspecified atom stereocenters. The van der Waals surface area contributed by atoms with E-state index in [9.17, 15) is 13.2 Å². The number of benzene rings is 1. The van der Waals surface area contributed by atoms with E-state index in [1.807, 2.05) is 0 Å². The molecule has 1 fully saturated rings. The predicted molar refractivity (Wildman–Crippen MR) is 59.7 cm³/mol. The molecule has 1 aromatic rings. The Bertz CT molecular complexity index is 495. The molecule has 1 aliphatic heterocycles. The van der Waals surface area contributed by atoms with Crippen molar-refractivity contribution in [3.63, 3.8) is 0 Å². The number of carbonyl (C=O) groups excluding carboxylic acids is 1. The van der Waals surface area contributed by atoms with Crippen LogP contribution < -0.4 is 0 Å². The van der Waals surface area contributed by atoms with E-state index in [2.05, 4.69) is 0 Å². The minimum Gasteiger partial charge on any atom is -0.345 e. The predicted octanol–water partition coefficient (Wildman–Crippen LogP) is 0.691. The largest absolute Gasteiger partial charge is 0.345 e. The number of amides is 1. The first-order chi connectivity index (χ1) is 7.53. The molecule has 1 heterocycles. The number of likely N-dealkylation sites (tertiary alicyclic amines) is 1. The van der Waals surface area contributed by atoms with E-state index in [0.717, 1.165) is 0 Å². The third kappa shape index (κ3) is 1.71. The van der Waals surface area contributed by atoms with Crippen LogP contribution in [-0.2, 0) is 14.6 Å². The van der Waals surface area contributed by atoms with Gasteiger partial charge in [-0.3, -0.25) is 4.79 Å². The molecule has 0 aromatic heterocycles. The second kappa shape index (κ2) is 3.90. The van der Waals surface area contributed by atoms with E-state index in [0.29, 0.717) is 13.0 Å². The Kier molecular flexibility index (Phi) is 2.71. The normalized spacial score (nSPS) is 21.4. The summed E-state index contributed by atoms with van der Waals surface area (Å²) in [6.45, 7) is 0.509. The molecule has 0 radical (unpaired) electrons. The highest BCUT2D eigenvalue weighted by molar-refractivity contribution is 7.92. The van der Waals surface area contributed by atoms with Gasteiger partial charge in [0.15, 0.2) is 9.84 Å². The lowest BCUT2D eigenvalue weighted by molar-refractivity contribution is -0.126. The molecule has 0 bridgehead atoms. The molecule has 0 aliphatic carbocycles. The molecule has 1 amide bonds. The summed E-state index contributed by atoms with van der Waals surface area (Å²) in [6, 6.07) is 8.13. The minimum atomic E-state index is -3.51. The summed E-state index contributed by atoms with van der Waals surface area (Å²) in [5, 5.41) is -0.903. The maximum absolute atomic E-state index is 12.1. The third-order valence-electron chi connectivity index (χ3n) is 2.82. The van der Waals surface area contributed by atoms with Crippen LogP contribution in [0.1, 0.15) is 6.42 Å². The number of carbonyl (C=O) groups is 1. The van der Waals surface area contributed by atoms with Crippen LogP contribution in [0.4, 0.5) is 0 Å². The Balaban J connectivity index is 2.38. The van der Waals surface area contributed by atoms with Gasteiger partial charge in [0.1, 0.15) is 5.25 Å². The summed E-state index contributed by atoms with van der Waals surface area (Å²) in [7, 11) is -1.88. The fourth-order valence-corrected chi connectivity index (χ4v) is 3.58. The van der Waals surface area contributed by atoms with Crippen molar-refractivity contribution in [2.45, 2.75) is 16.6 Å². The summed E-state index contributed by atoms with van der Waals surface area (Å²) in [5.74, 6) is -0.302. The quantitative estimate of drug-likeness (QED) is 0.763. The first-order valence-corrected chi connectivity index (χ1v) is 6.62. The van der Waals surface area contributed by atoms with Crippen LogP contribution in [0.25, 0.3) is 0 Å². The standard InChI is InChI=1S/C11H13NO3S/c1-12-8-7-10(11(12)13)16(14,15)9-5-3-2-4-6-9/h2-6,10H,7-8H2,1H3. The van der Waals surface area contributed by atoms with E-state index < -0.39 is 15.1 Å². The zero-order chi connectivity index (χ0) is 11.8. The highest BCUT2D eigenvalue weighted by Crippen LogP contribution is 2.23. The number of rotatable bonds is 2. The molecule has 0 spiro atoms. The smallest absolute Gasteiger partial charge is 0.241 e. The van der Waals surface area contributed by atoms with Crippen molar-refractivity contribution >= 4 is 15.7 Å². The lowest BCUT2D eigenvalue weighted by Crippen LogP contribution is -2.31. The fraction of sp³-hybridized carbons (Fsp3) is 0.364. The SMILES string of the molecule is CN1CCC(S(=O)(=O)c2ccccc2)C1=O. The van der Waals surface area contributed by atoms with Crippen LogP contribution in [-0.4, -0.2) is 38.1 Å². The lowest BCUT2D eigenvalue weighted by atomic mass is 10.4. The van der Waals surface area contributed by atoms with Crippen molar-refractivity contribution in [3.8, 4) is 0 Å². The van der Waals surface area contributed by atoms with Gasteiger partial charge in [0.05, 0.1) is 4.90 Å². The zero-order valence-corrected chi connectivity index (χ0v) is 9.78. The van der Waals surface area contributed by atoms with Gasteiger partial charge in [-0.25, -0.2) is 8.42 Å². The van der Waals surface area contributed by atoms with Gasteiger partial charge in [0, 0.05) is 13.6 Å². The van der Waals surface area contributed by atoms with E-state index in [4.69, 9.17) is 0 Å². The van der Waals surface area contributed by atoms with Crippen LogP contribution in [0.5, 0.6) is 0 Å². The van der Waals surface area contributed by atoms with Gasteiger partial charge in [-0.05, 0) is 18.6 Å². The van der Waals surface area contributed by atoms with Crippen molar-refractivity contribution in [1.82, 2.24) is 4.90 Å². The second-order valence-electron chi connectivity index (χ2n) is 3.90. The zero-order valence-electron chi connectivity index (χ0n) is 8.96. The highest BCUT2D eigenvalue weighted by Gasteiger charge is 2.40. The first-order valence-electron chi connectivity index (χ1n) is 5.07. The van der Waals surface area contributed by atoms with Crippen molar-refractivity contribution < 1.29 is 13.2 Å².